The maximum absolute atomic E-state index is 9.73. The number of hydrogen-bond acceptors (Lipinski definition) is 3. The van der Waals surface area contributed by atoms with Crippen LogP contribution in [-0.4, -0.2) is 18.1 Å². The molecule has 0 saturated heterocycles. The van der Waals surface area contributed by atoms with Gasteiger partial charge in [0.15, 0.2) is 0 Å². The van der Waals surface area contributed by atoms with Crippen LogP contribution in [0.1, 0.15) is 67.2 Å². The lowest BCUT2D eigenvalue weighted by Crippen LogP contribution is -2.20. The highest BCUT2D eigenvalue weighted by Gasteiger charge is 2.23. The highest BCUT2D eigenvalue weighted by Crippen LogP contribution is 2.39. The van der Waals surface area contributed by atoms with E-state index in [1.54, 1.807) is 0 Å². The van der Waals surface area contributed by atoms with Crippen molar-refractivity contribution in [2.45, 2.75) is 67.2 Å². The van der Waals surface area contributed by atoms with E-state index < -0.39 is 8.60 Å². The smallest absolute Gasteiger partial charge is 0.328 e. The largest absolute Gasteiger partial charge is 0.329 e. The zero-order valence-corrected chi connectivity index (χ0v) is 13.8. The molecular weight excluding hydrogens is 247 g/mol. The third kappa shape index (κ3) is 9.27. The fourth-order valence-corrected chi connectivity index (χ4v) is 2.99. The summed E-state index contributed by atoms with van der Waals surface area (Å²) in [7, 11) is -1.73. The molecule has 0 rings (SSSR count). The monoisotopic (exact) mass is 278 g/mol. The van der Waals surface area contributed by atoms with Crippen LogP contribution in [-0.2, 0) is 9.05 Å². The average Bonchev–Trinajstić information content (AvgIpc) is 2.24. The quantitative estimate of drug-likeness (QED) is 0.578. The van der Waals surface area contributed by atoms with Crippen LogP contribution >= 0.6 is 8.60 Å². The molecule has 0 unspecified atom stereocenters. The molecule has 0 radical (unpaired) electrons. The minimum Gasteiger partial charge on any atom is -0.328 e. The molecule has 0 aromatic heterocycles. The van der Waals surface area contributed by atoms with Crippen molar-refractivity contribution >= 4 is 8.60 Å². The van der Waals surface area contributed by atoms with Crippen LogP contribution < -0.4 is 0 Å². The maximum atomic E-state index is 9.73. The third-order valence-electron chi connectivity index (χ3n) is 2.99. The van der Waals surface area contributed by atoms with E-state index >= 15 is 0 Å². The second kappa shape index (κ2) is 8.47. The SMILES string of the molecule is CCCC(C)(C)COP(O)OCC(C)(C)CCC. The third-order valence-corrected chi connectivity index (χ3v) is 3.68. The summed E-state index contributed by atoms with van der Waals surface area (Å²) in [5, 5.41) is 0. The second-order valence-corrected chi connectivity index (χ2v) is 7.61. The van der Waals surface area contributed by atoms with Gasteiger partial charge in [-0.3, -0.25) is 0 Å². The first-order chi connectivity index (χ1) is 8.22. The molecule has 0 aromatic carbocycles. The molecule has 0 spiro atoms. The van der Waals surface area contributed by atoms with E-state index in [0.29, 0.717) is 13.2 Å². The molecule has 3 nitrogen and oxygen atoms in total. The van der Waals surface area contributed by atoms with Crippen LogP contribution in [0.25, 0.3) is 0 Å². The summed E-state index contributed by atoms with van der Waals surface area (Å²) in [4.78, 5) is 9.73. The molecule has 0 amide bonds. The second-order valence-electron chi connectivity index (χ2n) is 6.61. The average molecular weight is 278 g/mol. The topological polar surface area (TPSA) is 38.7 Å². The van der Waals surface area contributed by atoms with Gasteiger partial charge in [-0.15, -0.1) is 0 Å². The van der Waals surface area contributed by atoms with Crippen molar-refractivity contribution < 1.29 is 13.9 Å². The standard InChI is InChI=1S/C14H31O3P/c1-7-9-13(3,4)11-16-18(15)17-12-14(5,6)10-8-2/h15H,7-12H2,1-6H3. The molecular formula is C14H31O3P. The van der Waals surface area contributed by atoms with E-state index in [2.05, 4.69) is 41.5 Å². The number of hydrogen-bond donors (Lipinski definition) is 1. The lowest BCUT2D eigenvalue weighted by atomic mass is 9.89. The van der Waals surface area contributed by atoms with Crippen molar-refractivity contribution in [1.29, 1.82) is 0 Å². The predicted molar refractivity (Wildman–Crippen MR) is 78.4 cm³/mol. The van der Waals surface area contributed by atoms with Crippen molar-refractivity contribution in [3.63, 3.8) is 0 Å². The molecule has 0 aliphatic carbocycles. The first-order valence-corrected chi connectivity index (χ1v) is 8.10. The Hall–Kier alpha value is 0.310. The van der Waals surface area contributed by atoms with Crippen LogP contribution in [0, 0.1) is 10.8 Å². The van der Waals surface area contributed by atoms with Gasteiger partial charge < -0.3 is 13.9 Å². The highest BCUT2D eigenvalue weighted by molar-refractivity contribution is 7.40. The van der Waals surface area contributed by atoms with Crippen LogP contribution in [0.4, 0.5) is 0 Å². The molecule has 1 N–H and O–H groups in total. The Morgan fingerprint density at radius 3 is 1.44 bits per heavy atom. The van der Waals surface area contributed by atoms with E-state index in [-0.39, 0.29) is 10.8 Å². The van der Waals surface area contributed by atoms with Crippen molar-refractivity contribution in [3.05, 3.63) is 0 Å². The summed E-state index contributed by atoms with van der Waals surface area (Å²) in [5.41, 5.74) is 0.223. The summed E-state index contributed by atoms with van der Waals surface area (Å²) < 4.78 is 10.9. The zero-order valence-electron chi connectivity index (χ0n) is 13.0. The summed E-state index contributed by atoms with van der Waals surface area (Å²) >= 11 is 0. The molecule has 0 aromatic rings. The van der Waals surface area contributed by atoms with Crippen LogP contribution in [0.5, 0.6) is 0 Å². The van der Waals surface area contributed by atoms with Gasteiger partial charge in [0.2, 0.25) is 0 Å². The van der Waals surface area contributed by atoms with Gasteiger partial charge >= 0.3 is 8.60 Å². The molecule has 0 aliphatic rings. The summed E-state index contributed by atoms with van der Waals surface area (Å²) in [6, 6.07) is 0. The van der Waals surface area contributed by atoms with Crippen molar-refractivity contribution in [2.75, 3.05) is 13.2 Å². The summed E-state index contributed by atoms with van der Waals surface area (Å²) in [6.45, 7) is 14.0. The molecule has 4 heteroatoms. The van der Waals surface area contributed by atoms with Gasteiger partial charge in [-0.25, -0.2) is 0 Å². The number of rotatable bonds is 10. The Balaban J connectivity index is 3.87. The molecule has 0 aliphatic heterocycles. The lowest BCUT2D eigenvalue weighted by molar-refractivity contribution is 0.102. The zero-order chi connectivity index (χ0) is 14.2. The summed E-state index contributed by atoms with van der Waals surface area (Å²) in [5.74, 6) is 0. The molecule has 0 bridgehead atoms. The van der Waals surface area contributed by atoms with Gasteiger partial charge in [-0.05, 0) is 23.7 Å². The Morgan fingerprint density at radius 1 is 0.833 bits per heavy atom. The van der Waals surface area contributed by atoms with Gasteiger partial charge in [0.05, 0.1) is 13.2 Å². The highest BCUT2D eigenvalue weighted by atomic mass is 31.2. The Bertz CT molecular complexity index is 195. The first-order valence-electron chi connectivity index (χ1n) is 6.97. The van der Waals surface area contributed by atoms with Gasteiger partial charge in [0, 0.05) is 0 Å². The molecule has 0 heterocycles. The van der Waals surface area contributed by atoms with E-state index in [1.807, 2.05) is 0 Å². The van der Waals surface area contributed by atoms with Gasteiger partial charge in [-0.2, -0.15) is 0 Å². The predicted octanol–water partition coefficient (Wildman–Crippen LogP) is 4.89. The lowest BCUT2D eigenvalue weighted by Gasteiger charge is -2.27. The van der Waals surface area contributed by atoms with E-state index in [9.17, 15) is 4.89 Å². The molecule has 110 valence electrons. The minimum absolute atomic E-state index is 0.111. The molecule has 0 saturated carbocycles. The minimum atomic E-state index is -1.73. The fraction of sp³-hybridized carbons (Fsp3) is 1.00. The van der Waals surface area contributed by atoms with Crippen LogP contribution in [0.3, 0.4) is 0 Å². The molecule has 0 atom stereocenters. The van der Waals surface area contributed by atoms with Gasteiger partial charge in [-0.1, -0.05) is 54.4 Å². The van der Waals surface area contributed by atoms with Gasteiger partial charge in [0.1, 0.15) is 0 Å². The van der Waals surface area contributed by atoms with Crippen molar-refractivity contribution in [1.82, 2.24) is 0 Å². The van der Waals surface area contributed by atoms with E-state index in [4.69, 9.17) is 9.05 Å². The first kappa shape index (κ1) is 18.3. The molecule has 0 fully saturated rings. The Morgan fingerprint density at radius 2 is 1.17 bits per heavy atom. The maximum Gasteiger partial charge on any atom is 0.329 e. The fourth-order valence-electron chi connectivity index (χ4n) is 2.00. The van der Waals surface area contributed by atoms with Crippen molar-refractivity contribution in [3.8, 4) is 0 Å². The van der Waals surface area contributed by atoms with Crippen LogP contribution in [0.2, 0.25) is 0 Å². The van der Waals surface area contributed by atoms with Gasteiger partial charge in [0.25, 0.3) is 0 Å². The normalized spacial score (nSPS) is 13.3. The molecule has 18 heavy (non-hydrogen) atoms. The van der Waals surface area contributed by atoms with E-state index in [1.165, 1.54) is 0 Å². The Labute approximate surface area is 114 Å². The van der Waals surface area contributed by atoms with E-state index in [0.717, 1.165) is 25.7 Å². The summed E-state index contributed by atoms with van der Waals surface area (Å²) in [6.07, 6.45) is 4.45. The van der Waals surface area contributed by atoms with Crippen molar-refractivity contribution in [2.24, 2.45) is 10.8 Å². The Kier molecular flexibility index (Phi) is 8.62. The van der Waals surface area contributed by atoms with Crippen LogP contribution in [0.15, 0.2) is 0 Å².